The van der Waals surface area contributed by atoms with Gasteiger partial charge in [-0.1, -0.05) is 23.7 Å². The van der Waals surface area contributed by atoms with Crippen LogP contribution in [-0.4, -0.2) is 20.9 Å². The van der Waals surface area contributed by atoms with Crippen LogP contribution in [0, 0.1) is 5.82 Å². The zero-order chi connectivity index (χ0) is 18.4. The SMILES string of the molecule is CC(NC(=O)CCNS(=O)(=O)c1ccc(F)cc1)c1cccc(Cl)c1. The van der Waals surface area contributed by atoms with Crippen molar-refractivity contribution in [2.24, 2.45) is 0 Å². The highest BCUT2D eigenvalue weighted by atomic mass is 35.5. The molecule has 2 aromatic carbocycles. The van der Waals surface area contributed by atoms with Gasteiger partial charge >= 0.3 is 0 Å². The molecule has 0 aliphatic carbocycles. The summed E-state index contributed by atoms with van der Waals surface area (Å²) in [5.74, 6) is -0.817. The lowest BCUT2D eigenvalue weighted by atomic mass is 10.1. The third-order valence-corrected chi connectivity index (χ3v) is 5.21. The van der Waals surface area contributed by atoms with E-state index < -0.39 is 15.8 Å². The second-order valence-electron chi connectivity index (χ2n) is 5.45. The Kier molecular flexibility index (Phi) is 6.52. The van der Waals surface area contributed by atoms with Crippen molar-refractivity contribution in [2.75, 3.05) is 6.54 Å². The zero-order valence-corrected chi connectivity index (χ0v) is 15.1. The highest BCUT2D eigenvalue weighted by Gasteiger charge is 2.15. The number of nitrogens with one attached hydrogen (secondary N) is 2. The van der Waals surface area contributed by atoms with Gasteiger partial charge in [0.15, 0.2) is 0 Å². The molecule has 8 heteroatoms. The lowest BCUT2D eigenvalue weighted by molar-refractivity contribution is -0.121. The second-order valence-corrected chi connectivity index (χ2v) is 7.65. The van der Waals surface area contributed by atoms with Crippen molar-refractivity contribution < 1.29 is 17.6 Å². The van der Waals surface area contributed by atoms with Crippen molar-refractivity contribution in [3.63, 3.8) is 0 Å². The summed E-state index contributed by atoms with van der Waals surface area (Å²) in [4.78, 5) is 11.9. The van der Waals surface area contributed by atoms with Crippen LogP contribution in [0.2, 0.25) is 5.02 Å². The monoisotopic (exact) mass is 384 g/mol. The fraction of sp³-hybridized carbons (Fsp3) is 0.235. The maximum atomic E-state index is 12.8. The number of hydrogen-bond acceptors (Lipinski definition) is 3. The van der Waals surface area contributed by atoms with Gasteiger partial charge in [-0.25, -0.2) is 17.5 Å². The molecule has 134 valence electrons. The van der Waals surface area contributed by atoms with E-state index in [0.717, 1.165) is 17.7 Å². The second kappa shape index (κ2) is 8.42. The highest BCUT2D eigenvalue weighted by molar-refractivity contribution is 7.89. The van der Waals surface area contributed by atoms with E-state index in [1.165, 1.54) is 12.1 Å². The number of halogens is 2. The third kappa shape index (κ3) is 5.81. The van der Waals surface area contributed by atoms with E-state index >= 15 is 0 Å². The minimum atomic E-state index is -3.77. The summed E-state index contributed by atoms with van der Waals surface area (Å²) in [6, 6.07) is 11.3. The summed E-state index contributed by atoms with van der Waals surface area (Å²) in [7, 11) is -3.77. The van der Waals surface area contributed by atoms with Crippen molar-refractivity contribution in [1.82, 2.24) is 10.0 Å². The van der Waals surface area contributed by atoms with Crippen LogP contribution in [0.15, 0.2) is 53.4 Å². The molecule has 0 fully saturated rings. The van der Waals surface area contributed by atoms with Crippen molar-refractivity contribution >= 4 is 27.5 Å². The lowest BCUT2D eigenvalue weighted by Crippen LogP contribution is -2.32. The molecular formula is C17H18ClFN2O3S. The van der Waals surface area contributed by atoms with Crippen LogP contribution in [0.3, 0.4) is 0 Å². The van der Waals surface area contributed by atoms with Gasteiger partial charge in [0.1, 0.15) is 5.82 Å². The minimum absolute atomic E-state index is 0.0225. The lowest BCUT2D eigenvalue weighted by Gasteiger charge is -2.15. The van der Waals surface area contributed by atoms with Crippen molar-refractivity contribution in [1.29, 1.82) is 0 Å². The van der Waals surface area contributed by atoms with E-state index in [9.17, 15) is 17.6 Å². The van der Waals surface area contributed by atoms with Crippen LogP contribution in [-0.2, 0) is 14.8 Å². The number of rotatable bonds is 7. The van der Waals surface area contributed by atoms with Crippen LogP contribution < -0.4 is 10.0 Å². The van der Waals surface area contributed by atoms with E-state index in [4.69, 9.17) is 11.6 Å². The molecule has 1 unspecified atom stereocenters. The summed E-state index contributed by atoms with van der Waals surface area (Å²) >= 11 is 5.91. The number of hydrogen-bond donors (Lipinski definition) is 2. The molecule has 1 atom stereocenters. The first-order valence-corrected chi connectivity index (χ1v) is 9.44. The maximum Gasteiger partial charge on any atom is 0.240 e. The molecule has 25 heavy (non-hydrogen) atoms. The Balaban J connectivity index is 1.84. The Morgan fingerprint density at radius 3 is 2.52 bits per heavy atom. The van der Waals surface area contributed by atoms with Gasteiger partial charge in [-0.05, 0) is 48.9 Å². The molecule has 0 saturated heterocycles. The Hall–Kier alpha value is -1.96. The van der Waals surface area contributed by atoms with Crippen LogP contribution >= 0.6 is 11.6 Å². The summed E-state index contributed by atoms with van der Waals surface area (Å²) in [6.07, 6.45) is -0.0225. The molecule has 2 rings (SSSR count). The van der Waals surface area contributed by atoms with Gasteiger partial charge < -0.3 is 5.32 Å². The largest absolute Gasteiger partial charge is 0.350 e. The van der Waals surface area contributed by atoms with Gasteiger partial charge in [-0.3, -0.25) is 4.79 Å². The summed E-state index contributed by atoms with van der Waals surface area (Å²) in [5.41, 5.74) is 0.854. The van der Waals surface area contributed by atoms with Gasteiger partial charge in [0.25, 0.3) is 0 Å². The normalized spacial score (nSPS) is 12.6. The first kappa shape index (κ1) is 19.4. The molecule has 0 saturated carbocycles. The summed E-state index contributed by atoms with van der Waals surface area (Å²) in [5, 5.41) is 3.35. The molecule has 0 spiro atoms. The fourth-order valence-electron chi connectivity index (χ4n) is 2.17. The van der Waals surface area contributed by atoms with Crippen LogP contribution in [0.4, 0.5) is 4.39 Å². The van der Waals surface area contributed by atoms with Gasteiger partial charge in [0.05, 0.1) is 10.9 Å². The number of amides is 1. The van der Waals surface area contributed by atoms with Crippen molar-refractivity contribution in [3.8, 4) is 0 Å². The summed E-state index contributed by atoms with van der Waals surface area (Å²) < 4.78 is 39.2. The number of benzene rings is 2. The molecule has 5 nitrogen and oxygen atoms in total. The Morgan fingerprint density at radius 2 is 1.88 bits per heavy atom. The van der Waals surface area contributed by atoms with E-state index in [2.05, 4.69) is 10.0 Å². The molecule has 0 aromatic heterocycles. The average Bonchev–Trinajstić information content (AvgIpc) is 2.55. The van der Waals surface area contributed by atoms with Gasteiger partial charge in [-0.15, -0.1) is 0 Å². The molecule has 2 N–H and O–H groups in total. The number of carbonyl (C=O) groups is 1. The van der Waals surface area contributed by atoms with Crippen LogP contribution in [0.5, 0.6) is 0 Å². The Labute approximate surface area is 151 Å². The predicted molar refractivity (Wildman–Crippen MR) is 94.2 cm³/mol. The van der Waals surface area contributed by atoms with Crippen LogP contribution in [0.1, 0.15) is 24.9 Å². The topological polar surface area (TPSA) is 75.3 Å². The number of sulfonamides is 1. The van der Waals surface area contributed by atoms with Gasteiger partial charge in [-0.2, -0.15) is 0 Å². The Morgan fingerprint density at radius 1 is 1.20 bits per heavy atom. The smallest absolute Gasteiger partial charge is 0.240 e. The van der Waals surface area contributed by atoms with E-state index in [1.807, 2.05) is 13.0 Å². The molecule has 2 aromatic rings. The molecule has 0 aliphatic heterocycles. The first-order chi connectivity index (χ1) is 11.8. The van der Waals surface area contributed by atoms with Crippen molar-refractivity contribution in [3.05, 3.63) is 64.9 Å². The molecule has 0 heterocycles. The van der Waals surface area contributed by atoms with Crippen LogP contribution in [0.25, 0.3) is 0 Å². The molecule has 0 aliphatic rings. The standard InChI is InChI=1S/C17H18ClFN2O3S/c1-12(13-3-2-4-14(18)11-13)21-17(22)9-10-20-25(23,24)16-7-5-15(19)6-8-16/h2-8,11-12,20H,9-10H2,1H3,(H,21,22). The number of carbonyl (C=O) groups excluding carboxylic acids is 1. The molecular weight excluding hydrogens is 367 g/mol. The molecule has 0 bridgehead atoms. The average molecular weight is 385 g/mol. The zero-order valence-electron chi connectivity index (χ0n) is 13.5. The fourth-order valence-corrected chi connectivity index (χ4v) is 3.40. The van der Waals surface area contributed by atoms with Gasteiger partial charge in [0.2, 0.25) is 15.9 Å². The van der Waals surface area contributed by atoms with Crippen molar-refractivity contribution in [2.45, 2.75) is 24.3 Å². The quantitative estimate of drug-likeness (QED) is 0.770. The van der Waals surface area contributed by atoms with E-state index in [1.54, 1.807) is 18.2 Å². The van der Waals surface area contributed by atoms with E-state index in [0.29, 0.717) is 5.02 Å². The maximum absolute atomic E-state index is 12.8. The Bertz CT molecular complexity index is 841. The highest BCUT2D eigenvalue weighted by Crippen LogP contribution is 2.17. The third-order valence-electron chi connectivity index (χ3n) is 3.49. The minimum Gasteiger partial charge on any atom is -0.350 e. The van der Waals surface area contributed by atoms with Gasteiger partial charge in [0, 0.05) is 18.0 Å². The summed E-state index contributed by atoms with van der Waals surface area (Å²) in [6.45, 7) is 1.75. The predicted octanol–water partition coefficient (Wildman–Crippen LogP) is 3.02. The molecule has 1 amide bonds. The molecule has 0 radical (unpaired) electrons. The van der Waals surface area contributed by atoms with E-state index in [-0.39, 0.29) is 29.8 Å². The first-order valence-electron chi connectivity index (χ1n) is 7.58.